The summed E-state index contributed by atoms with van der Waals surface area (Å²) in [5.41, 5.74) is 1.42. The minimum atomic E-state index is 1.03. The van der Waals surface area contributed by atoms with Gasteiger partial charge in [-0.1, -0.05) is 24.3 Å². The van der Waals surface area contributed by atoms with E-state index in [9.17, 15) is 0 Å². The van der Waals surface area contributed by atoms with Crippen molar-refractivity contribution in [2.24, 2.45) is 0 Å². The molecular weight excluding hydrogens is 279 g/mol. The fourth-order valence-corrected chi connectivity index (χ4v) is 2.46. The van der Waals surface area contributed by atoms with Crippen LogP contribution in [0.4, 0.5) is 0 Å². The van der Waals surface area contributed by atoms with Crippen LogP contribution in [-0.4, -0.2) is 5.75 Å². The van der Waals surface area contributed by atoms with Crippen molar-refractivity contribution in [2.45, 2.75) is 5.75 Å². The van der Waals surface area contributed by atoms with Gasteiger partial charge in [-0.2, -0.15) is 11.8 Å². The molecule has 0 bridgehead atoms. The van der Waals surface area contributed by atoms with Crippen LogP contribution in [0.2, 0.25) is 0 Å². The van der Waals surface area contributed by atoms with E-state index >= 15 is 0 Å². The molecule has 0 N–H and O–H groups in total. The minimum absolute atomic E-state index is 1.03. The molecule has 64 valence electrons. The van der Waals surface area contributed by atoms with E-state index < -0.39 is 0 Å². The molecule has 0 heterocycles. The summed E-state index contributed by atoms with van der Waals surface area (Å²) in [6, 6.07) is 8.48. The second-order valence-corrected chi connectivity index (χ2v) is 4.59. The van der Waals surface area contributed by atoms with Gasteiger partial charge in [0.15, 0.2) is 0 Å². The number of benzene rings is 1. The van der Waals surface area contributed by atoms with E-state index in [0.717, 1.165) is 11.5 Å². The average molecular weight is 290 g/mol. The van der Waals surface area contributed by atoms with Gasteiger partial charge in [0, 0.05) is 15.1 Å². The molecular formula is C10H11IS. The van der Waals surface area contributed by atoms with Crippen molar-refractivity contribution in [3.63, 3.8) is 0 Å². The first-order valence-electron chi connectivity index (χ1n) is 3.76. The Kier molecular flexibility index (Phi) is 4.76. The van der Waals surface area contributed by atoms with Gasteiger partial charge in [0.25, 0.3) is 0 Å². The molecule has 12 heavy (non-hydrogen) atoms. The maximum absolute atomic E-state index is 3.69. The van der Waals surface area contributed by atoms with Crippen molar-refractivity contribution in [1.29, 1.82) is 0 Å². The molecule has 0 aliphatic carbocycles. The zero-order valence-electron chi connectivity index (χ0n) is 6.79. The Hall–Kier alpha value is 0.0400. The molecule has 0 aliphatic heterocycles. The lowest BCUT2D eigenvalue weighted by Crippen LogP contribution is -1.84. The molecule has 2 heteroatoms. The lowest BCUT2D eigenvalue weighted by atomic mass is 10.2. The summed E-state index contributed by atoms with van der Waals surface area (Å²) in [6.07, 6.45) is 1.94. The number of hydrogen-bond donors (Lipinski definition) is 0. The van der Waals surface area contributed by atoms with E-state index in [1.54, 1.807) is 0 Å². The van der Waals surface area contributed by atoms with Crippen molar-refractivity contribution in [3.8, 4) is 0 Å². The minimum Gasteiger partial charge on any atom is -0.153 e. The van der Waals surface area contributed by atoms with E-state index in [1.165, 1.54) is 9.13 Å². The van der Waals surface area contributed by atoms with Crippen LogP contribution in [-0.2, 0) is 5.75 Å². The lowest BCUT2D eigenvalue weighted by Gasteiger charge is -2.01. The third-order valence-corrected chi connectivity index (χ3v) is 3.49. The lowest BCUT2D eigenvalue weighted by molar-refractivity contribution is 1.38. The maximum Gasteiger partial charge on any atom is 0.0198 e. The van der Waals surface area contributed by atoms with E-state index in [0.29, 0.717) is 0 Å². The monoisotopic (exact) mass is 290 g/mol. The molecule has 1 aromatic carbocycles. The van der Waals surface area contributed by atoms with E-state index in [4.69, 9.17) is 0 Å². The summed E-state index contributed by atoms with van der Waals surface area (Å²) in [5, 5.41) is 0. The maximum atomic E-state index is 3.69. The van der Waals surface area contributed by atoms with Gasteiger partial charge in [-0.3, -0.25) is 0 Å². The molecule has 0 radical (unpaired) electrons. The largest absolute Gasteiger partial charge is 0.153 e. The average Bonchev–Trinajstić information content (AvgIpc) is 2.09. The summed E-state index contributed by atoms with van der Waals surface area (Å²) in [4.78, 5) is 0. The number of halogens is 1. The van der Waals surface area contributed by atoms with Gasteiger partial charge in [0.1, 0.15) is 0 Å². The quantitative estimate of drug-likeness (QED) is 0.463. The van der Waals surface area contributed by atoms with Gasteiger partial charge in [-0.25, -0.2) is 0 Å². The van der Waals surface area contributed by atoms with Gasteiger partial charge in [-0.15, -0.1) is 6.58 Å². The smallest absolute Gasteiger partial charge is 0.0198 e. The fourth-order valence-electron chi connectivity index (χ4n) is 0.868. The molecule has 1 rings (SSSR count). The summed E-state index contributed by atoms with van der Waals surface area (Å²) < 4.78 is 1.35. The van der Waals surface area contributed by atoms with Crippen LogP contribution in [0.1, 0.15) is 5.56 Å². The fraction of sp³-hybridized carbons (Fsp3) is 0.200. The van der Waals surface area contributed by atoms with Crippen molar-refractivity contribution >= 4 is 34.4 Å². The van der Waals surface area contributed by atoms with Gasteiger partial charge < -0.3 is 0 Å². The molecule has 0 aromatic heterocycles. The predicted molar refractivity (Wildman–Crippen MR) is 65.5 cm³/mol. The summed E-state index contributed by atoms with van der Waals surface area (Å²) in [7, 11) is 0. The van der Waals surface area contributed by atoms with E-state index in [-0.39, 0.29) is 0 Å². The topological polar surface area (TPSA) is 0 Å². The van der Waals surface area contributed by atoms with Crippen LogP contribution < -0.4 is 0 Å². The van der Waals surface area contributed by atoms with Gasteiger partial charge in [0.05, 0.1) is 0 Å². The predicted octanol–water partition coefficient (Wildman–Crippen LogP) is 3.71. The Morgan fingerprint density at radius 3 is 2.83 bits per heavy atom. The SMILES string of the molecule is C=CCSCc1ccccc1I. The number of thioether (sulfide) groups is 1. The molecule has 0 atom stereocenters. The standard InChI is InChI=1S/C10H11IS/c1-2-7-12-8-9-5-3-4-6-10(9)11/h2-6H,1,7-8H2. The summed E-state index contributed by atoms with van der Waals surface area (Å²) in [6.45, 7) is 3.69. The molecule has 0 unspecified atom stereocenters. The third kappa shape index (κ3) is 3.19. The Labute approximate surface area is 91.6 Å². The van der Waals surface area contributed by atoms with Crippen molar-refractivity contribution in [1.82, 2.24) is 0 Å². The van der Waals surface area contributed by atoms with Crippen LogP contribution >= 0.6 is 34.4 Å². The highest BCUT2D eigenvalue weighted by Crippen LogP contribution is 2.17. The first-order chi connectivity index (χ1) is 5.84. The van der Waals surface area contributed by atoms with Crippen LogP contribution in [0, 0.1) is 3.57 Å². The van der Waals surface area contributed by atoms with Crippen LogP contribution in [0.5, 0.6) is 0 Å². The van der Waals surface area contributed by atoms with Gasteiger partial charge >= 0.3 is 0 Å². The summed E-state index contributed by atoms with van der Waals surface area (Å²) in [5.74, 6) is 2.12. The van der Waals surface area contributed by atoms with Crippen molar-refractivity contribution in [3.05, 3.63) is 46.1 Å². The number of hydrogen-bond acceptors (Lipinski definition) is 1. The highest BCUT2D eigenvalue weighted by molar-refractivity contribution is 14.1. The number of rotatable bonds is 4. The van der Waals surface area contributed by atoms with Crippen LogP contribution in [0.3, 0.4) is 0 Å². The Morgan fingerprint density at radius 2 is 2.17 bits per heavy atom. The molecule has 0 spiro atoms. The molecule has 0 saturated heterocycles. The molecule has 1 aromatic rings. The normalized spacial score (nSPS) is 9.75. The molecule has 0 fully saturated rings. The van der Waals surface area contributed by atoms with Gasteiger partial charge in [0.2, 0.25) is 0 Å². The zero-order chi connectivity index (χ0) is 8.81. The first kappa shape index (κ1) is 10.1. The third-order valence-electron chi connectivity index (χ3n) is 1.45. The highest BCUT2D eigenvalue weighted by atomic mass is 127. The Balaban J connectivity index is 2.51. The first-order valence-corrected chi connectivity index (χ1v) is 6.00. The molecule has 0 amide bonds. The Morgan fingerprint density at radius 1 is 1.42 bits per heavy atom. The van der Waals surface area contributed by atoms with E-state index in [1.807, 2.05) is 17.8 Å². The molecule has 0 nitrogen and oxygen atoms in total. The second-order valence-electron chi connectivity index (χ2n) is 2.40. The Bertz CT molecular complexity index is 258. The van der Waals surface area contributed by atoms with Gasteiger partial charge in [-0.05, 0) is 34.2 Å². The zero-order valence-corrected chi connectivity index (χ0v) is 9.77. The van der Waals surface area contributed by atoms with Crippen LogP contribution in [0.25, 0.3) is 0 Å². The summed E-state index contributed by atoms with van der Waals surface area (Å²) >= 11 is 4.27. The van der Waals surface area contributed by atoms with Crippen LogP contribution in [0.15, 0.2) is 36.9 Å². The van der Waals surface area contributed by atoms with Crippen molar-refractivity contribution < 1.29 is 0 Å². The molecule has 0 aliphatic rings. The van der Waals surface area contributed by atoms with Crippen molar-refractivity contribution in [2.75, 3.05) is 5.75 Å². The second kappa shape index (κ2) is 5.65. The highest BCUT2D eigenvalue weighted by Gasteiger charge is 1.96. The molecule has 0 saturated carbocycles. The van der Waals surface area contributed by atoms with E-state index in [2.05, 4.69) is 53.4 Å².